The van der Waals surface area contributed by atoms with Crippen LogP contribution in [0.2, 0.25) is 0 Å². The van der Waals surface area contributed by atoms with Gasteiger partial charge in [-0.2, -0.15) is 0 Å². The van der Waals surface area contributed by atoms with Crippen molar-refractivity contribution in [2.24, 2.45) is 0 Å². The van der Waals surface area contributed by atoms with E-state index >= 15 is 0 Å². The molecule has 1 heteroatoms. The van der Waals surface area contributed by atoms with Crippen molar-refractivity contribution in [2.75, 3.05) is 0 Å². The first-order valence-electron chi connectivity index (χ1n) is 6.61. The summed E-state index contributed by atoms with van der Waals surface area (Å²) in [4.78, 5) is 0. The van der Waals surface area contributed by atoms with Crippen LogP contribution >= 0.6 is 15.9 Å². The van der Waals surface area contributed by atoms with Gasteiger partial charge in [0.25, 0.3) is 0 Å². The highest BCUT2D eigenvalue weighted by molar-refractivity contribution is 9.10. The van der Waals surface area contributed by atoms with Crippen molar-refractivity contribution >= 4 is 15.9 Å². The number of hydrogen-bond donors (Lipinski definition) is 0. The first-order chi connectivity index (χ1) is 8.81. The summed E-state index contributed by atoms with van der Waals surface area (Å²) in [7, 11) is 0. The van der Waals surface area contributed by atoms with Gasteiger partial charge in [0, 0.05) is 10.4 Å². The molecule has 18 heavy (non-hydrogen) atoms. The molecule has 2 aromatic rings. The summed E-state index contributed by atoms with van der Waals surface area (Å²) in [6.45, 7) is 2.25. The Kier molecular flexibility index (Phi) is 5.00. The maximum atomic E-state index is 3.57. The van der Waals surface area contributed by atoms with E-state index in [4.69, 9.17) is 0 Å². The number of halogens is 1. The minimum atomic E-state index is 0.517. The van der Waals surface area contributed by atoms with Crippen LogP contribution in [0.3, 0.4) is 0 Å². The molecule has 0 fully saturated rings. The second-order valence-corrected chi connectivity index (χ2v) is 5.58. The topological polar surface area (TPSA) is 0 Å². The summed E-state index contributed by atoms with van der Waals surface area (Å²) < 4.78 is 1.16. The average molecular weight is 303 g/mol. The smallest absolute Gasteiger partial charge is 0.0178 e. The van der Waals surface area contributed by atoms with Crippen LogP contribution in [0.25, 0.3) is 0 Å². The quantitative estimate of drug-likeness (QED) is 0.657. The van der Waals surface area contributed by atoms with E-state index in [1.165, 1.54) is 30.4 Å². The summed E-state index contributed by atoms with van der Waals surface area (Å²) in [6, 6.07) is 19.5. The van der Waals surface area contributed by atoms with Gasteiger partial charge in [-0.1, -0.05) is 78.2 Å². The van der Waals surface area contributed by atoms with Crippen molar-refractivity contribution in [1.82, 2.24) is 0 Å². The van der Waals surface area contributed by atoms with E-state index in [0.29, 0.717) is 5.92 Å². The minimum Gasteiger partial charge on any atom is -0.0654 e. The number of benzene rings is 2. The minimum absolute atomic E-state index is 0.517. The van der Waals surface area contributed by atoms with Gasteiger partial charge in [-0.05, 0) is 29.7 Å². The molecule has 2 rings (SSSR count). The Bertz CT molecular complexity index is 476. The molecule has 0 heterocycles. The Morgan fingerprint density at radius 1 is 0.944 bits per heavy atom. The molecule has 0 saturated carbocycles. The van der Waals surface area contributed by atoms with Crippen LogP contribution in [0, 0.1) is 0 Å². The predicted molar refractivity (Wildman–Crippen MR) is 82.0 cm³/mol. The molecule has 0 radical (unpaired) electrons. The average Bonchev–Trinajstić information content (AvgIpc) is 2.40. The largest absolute Gasteiger partial charge is 0.0654 e. The van der Waals surface area contributed by atoms with E-state index in [1.807, 2.05) is 0 Å². The van der Waals surface area contributed by atoms with Gasteiger partial charge in [0.15, 0.2) is 0 Å². The molecule has 0 amide bonds. The lowest BCUT2D eigenvalue weighted by molar-refractivity contribution is 0.650. The normalized spacial score (nSPS) is 12.3. The van der Waals surface area contributed by atoms with Crippen LogP contribution in [0.5, 0.6) is 0 Å². The van der Waals surface area contributed by atoms with Gasteiger partial charge in [-0.25, -0.2) is 0 Å². The molecule has 0 nitrogen and oxygen atoms in total. The van der Waals surface area contributed by atoms with Gasteiger partial charge >= 0.3 is 0 Å². The van der Waals surface area contributed by atoms with E-state index in [9.17, 15) is 0 Å². The summed E-state index contributed by atoms with van der Waals surface area (Å²) in [6.07, 6.45) is 3.74. The molecule has 2 aromatic carbocycles. The number of rotatable bonds is 5. The van der Waals surface area contributed by atoms with Gasteiger partial charge in [-0.3, -0.25) is 0 Å². The lowest BCUT2D eigenvalue weighted by Crippen LogP contribution is -2.01. The summed E-state index contributed by atoms with van der Waals surface area (Å²) in [5.74, 6) is 0.517. The molecule has 1 atom stereocenters. The lowest BCUT2D eigenvalue weighted by atomic mass is 9.87. The molecule has 0 saturated heterocycles. The molecule has 0 aliphatic heterocycles. The molecule has 0 spiro atoms. The summed E-state index contributed by atoms with van der Waals surface area (Å²) >= 11 is 3.57. The fraction of sp³-hybridized carbons (Fsp3) is 0.294. The van der Waals surface area contributed by atoms with Crippen LogP contribution in [0.4, 0.5) is 0 Å². The highest BCUT2D eigenvalue weighted by atomic mass is 79.9. The van der Waals surface area contributed by atoms with Crippen LogP contribution in [0.1, 0.15) is 43.2 Å². The Labute approximate surface area is 118 Å². The van der Waals surface area contributed by atoms with Crippen LogP contribution in [-0.2, 0) is 0 Å². The fourth-order valence-electron chi connectivity index (χ4n) is 2.34. The molecule has 0 aromatic heterocycles. The molecule has 0 aliphatic rings. The highest BCUT2D eigenvalue weighted by Gasteiger charge is 2.13. The molecule has 94 valence electrons. The molecule has 0 aliphatic carbocycles. The highest BCUT2D eigenvalue weighted by Crippen LogP contribution is 2.31. The van der Waals surface area contributed by atoms with Crippen LogP contribution in [0.15, 0.2) is 59.1 Å². The van der Waals surface area contributed by atoms with Crippen molar-refractivity contribution in [1.29, 1.82) is 0 Å². The van der Waals surface area contributed by atoms with E-state index in [1.54, 1.807) is 0 Å². The zero-order chi connectivity index (χ0) is 12.8. The predicted octanol–water partition coefficient (Wildman–Crippen LogP) is 5.77. The Morgan fingerprint density at radius 3 is 2.33 bits per heavy atom. The summed E-state index contributed by atoms with van der Waals surface area (Å²) in [5, 5.41) is 0. The summed E-state index contributed by atoms with van der Waals surface area (Å²) in [5.41, 5.74) is 2.83. The van der Waals surface area contributed by atoms with Gasteiger partial charge in [0.1, 0.15) is 0 Å². The van der Waals surface area contributed by atoms with Gasteiger partial charge in [0.2, 0.25) is 0 Å². The molecule has 0 bridgehead atoms. The molecule has 1 unspecified atom stereocenters. The maximum Gasteiger partial charge on any atom is 0.0178 e. The van der Waals surface area contributed by atoms with Crippen LogP contribution < -0.4 is 0 Å². The molecular weight excluding hydrogens is 284 g/mol. The zero-order valence-electron chi connectivity index (χ0n) is 10.8. The van der Waals surface area contributed by atoms with Crippen molar-refractivity contribution in [2.45, 2.75) is 32.1 Å². The molecular formula is C17H19Br. The second kappa shape index (κ2) is 6.75. The van der Waals surface area contributed by atoms with E-state index in [2.05, 4.69) is 77.5 Å². The first-order valence-corrected chi connectivity index (χ1v) is 7.41. The number of unbranched alkanes of at least 4 members (excludes halogenated alkanes) is 1. The molecule has 0 N–H and O–H groups in total. The van der Waals surface area contributed by atoms with E-state index in [-0.39, 0.29) is 0 Å². The van der Waals surface area contributed by atoms with Crippen LogP contribution in [-0.4, -0.2) is 0 Å². The van der Waals surface area contributed by atoms with E-state index in [0.717, 1.165) is 4.47 Å². The Hall–Kier alpha value is -1.08. The van der Waals surface area contributed by atoms with Crippen molar-refractivity contribution in [3.63, 3.8) is 0 Å². The SMILES string of the molecule is CCCCC(c1ccccc1)c1cccc(Br)c1. The third kappa shape index (κ3) is 3.46. The monoisotopic (exact) mass is 302 g/mol. The van der Waals surface area contributed by atoms with E-state index < -0.39 is 0 Å². The Morgan fingerprint density at radius 2 is 1.67 bits per heavy atom. The zero-order valence-corrected chi connectivity index (χ0v) is 12.4. The van der Waals surface area contributed by atoms with Gasteiger partial charge < -0.3 is 0 Å². The first kappa shape index (κ1) is 13.4. The third-order valence-electron chi connectivity index (χ3n) is 3.30. The van der Waals surface area contributed by atoms with Crippen molar-refractivity contribution in [3.05, 3.63) is 70.2 Å². The second-order valence-electron chi connectivity index (χ2n) is 4.66. The van der Waals surface area contributed by atoms with Gasteiger partial charge in [-0.15, -0.1) is 0 Å². The lowest BCUT2D eigenvalue weighted by Gasteiger charge is -2.18. The fourth-order valence-corrected chi connectivity index (χ4v) is 2.76. The van der Waals surface area contributed by atoms with Gasteiger partial charge in [0.05, 0.1) is 0 Å². The number of hydrogen-bond acceptors (Lipinski definition) is 0. The van der Waals surface area contributed by atoms with Crippen molar-refractivity contribution in [3.8, 4) is 0 Å². The maximum absolute atomic E-state index is 3.57. The van der Waals surface area contributed by atoms with Crippen molar-refractivity contribution < 1.29 is 0 Å². The standard InChI is InChI=1S/C17H19Br/c1-2-3-12-17(14-8-5-4-6-9-14)15-10-7-11-16(18)13-15/h4-11,13,17H,2-3,12H2,1H3. The Balaban J connectivity index is 2.31. The third-order valence-corrected chi connectivity index (χ3v) is 3.79.